The van der Waals surface area contributed by atoms with Crippen LogP contribution in [0.25, 0.3) is 0 Å². The third-order valence-corrected chi connectivity index (χ3v) is 7.74. The van der Waals surface area contributed by atoms with E-state index in [1.165, 1.54) is 56.5 Å². The first-order valence-electron chi connectivity index (χ1n) is 11.5. The number of anilines is 1. The minimum absolute atomic E-state index is 0.568. The molecule has 0 spiro atoms. The first-order chi connectivity index (χ1) is 14.7. The van der Waals surface area contributed by atoms with E-state index in [0.29, 0.717) is 23.0 Å². The molecule has 1 unspecified atom stereocenters. The van der Waals surface area contributed by atoms with Crippen LogP contribution in [0.4, 0.5) is 5.69 Å². The van der Waals surface area contributed by atoms with Gasteiger partial charge in [0.2, 0.25) is 0 Å². The number of nitrogens with one attached hydrogen (secondary N) is 2. The third kappa shape index (κ3) is 4.12. The SMILES string of the molecule is Cn1nc(C2CCCC2)cc1[C@@H]1CN2CC[C@H]1C[C@@H]2CNC(=S)Nc1ccccc1. The summed E-state index contributed by atoms with van der Waals surface area (Å²) in [6, 6.07) is 13.1. The fourth-order valence-electron chi connectivity index (χ4n) is 5.87. The molecule has 1 aliphatic carbocycles. The van der Waals surface area contributed by atoms with Crippen molar-refractivity contribution in [3.63, 3.8) is 0 Å². The van der Waals surface area contributed by atoms with Crippen LogP contribution in [-0.4, -0.2) is 45.5 Å². The fourth-order valence-corrected chi connectivity index (χ4v) is 6.07. The average molecular weight is 424 g/mol. The molecule has 1 aromatic heterocycles. The summed E-state index contributed by atoms with van der Waals surface area (Å²) in [5.74, 6) is 2.07. The van der Waals surface area contributed by atoms with Gasteiger partial charge >= 0.3 is 0 Å². The van der Waals surface area contributed by atoms with Gasteiger partial charge in [0.15, 0.2) is 5.11 Å². The van der Waals surface area contributed by atoms with Crippen LogP contribution in [0.15, 0.2) is 36.4 Å². The molecular formula is C24H33N5S. The zero-order chi connectivity index (χ0) is 20.5. The normalized spacial score (nSPS) is 28.6. The second-order valence-corrected chi connectivity index (χ2v) is 9.75. The smallest absolute Gasteiger partial charge is 0.170 e. The number of aromatic nitrogens is 2. The van der Waals surface area contributed by atoms with Crippen LogP contribution >= 0.6 is 12.2 Å². The number of nitrogens with zero attached hydrogens (tertiary/aromatic N) is 3. The van der Waals surface area contributed by atoms with Gasteiger partial charge < -0.3 is 10.6 Å². The van der Waals surface area contributed by atoms with Crippen LogP contribution in [-0.2, 0) is 7.05 Å². The highest BCUT2D eigenvalue weighted by atomic mass is 32.1. The lowest BCUT2D eigenvalue weighted by atomic mass is 9.74. The summed E-state index contributed by atoms with van der Waals surface area (Å²) in [6.45, 7) is 3.28. The number of benzene rings is 1. The molecule has 4 atom stereocenters. The Hall–Kier alpha value is -1.92. The first-order valence-corrected chi connectivity index (χ1v) is 12.0. The third-order valence-electron chi connectivity index (χ3n) is 7.50. The lowest BCUT2D eigenvalue weighted by Crippen LogP contribution is -2.56. The maximum atomic E-state index is 5.51. The molecule has 3 aliphatic heterocycles. The van der Waals surface area contributed by atoms with Gasteiger partial charge in [0.1, 0.15) is 0 Å². The molecule has 160 valence electrons. The second kappa shape index (κ2) is 8.67. The molecule has 4 aliphatic rings. The summed E-state index contributed by atoms with van der Waals surface area (Å²) in [5, 5.41) is 12.4. The Bertz CT molecular complexity index is 873. The van der Waals surface area contributed by atoms with Crippen LogP contribution in [0, 0.1) is 5.92 Å². The molecule has 4 fully saturated rings. The predicted octanol–water partition coefficient (Wildman–Crippen LogP) is 4.24. The molecule has 3 saturated heterocycles. The van der Waals surface area contributed by atoms with Gasteiger partial charge in [-0.2, -0.15) is 5.10 Å². The van der Waals surface area contributed by atoms with Crippen molar-refractivity contribution in [3.8, 4) is 0 Å². The Labute approximate surface area is 185 Å². The lowest BCUT2D eigenvalue weighted by molar-refractivity contribution is 0.0303. The molecule has 1 aromatic carbocycles. The molecular weight excluding hydrogens is 390 g/mol. The van der Waals surface area contributed by atoms with Crippen molar-refractivity contribution in [2.24, 2.45) is 13.0 Å². The van der Waals surface area contributed by atoms with E-state index < -0.39 is 0 Å². The molecule has 6 heteroatoms. The molecule has 2 N–H and O–H groups in total. The Kier molecular flexibility index (Phi) is 5.79. The number of thiocarbonyl (C=S) groups is 1. The molecule has 2 bridgehead atoms. The zero-order valence-electron chi connectivity index (χ0n) is 17.9. The quantitative estimate of drug-likeness (QED) is 0.704. The monoisotopic (exact) mass is 423 g/mol. The maximum Gasteiger partial charge on any atom is 0.170 e. The standard InChI is InChI=1S/C24H33N5S/c1-28-23(14-22(27-28)17-7-5-6-8-17)21-16-29-12-11-18(21)13-20(29)15-25-24(30)26-19-9-3-2-4-10-19/h2-4,9-10,14,17-18,20-21H,5-8,11-13,15-16H2,1H3,(H2,25,26,30)/t18-,20+,21+/m0/s1. The lowest BCUT2D eigenvalue weighted by Gasteiger charge is -2.50. The minimum atomic E-state index is 0.568. The average Bonchev–Trinajstić information content (AvgIpc) is 3.43. The minimum Gasteiger partial charge on any atom is -0.361 e. The summed E-state index contributed by atoms with van der Waals surface area (Å²) < 4.78 is 2.19. The van der Waals surface area contributed by atoms with Gasteiger partial charge in [0.05, 0.1) is 5.69 Å². The molecule has 5 nitrogen and oxygen atoms in total. The molecule has 6 rings (SSSR count). The molecule has 30 heavy (non-hydrogen) atoms. The number of rotatable bonds is 5. The van der Waals surface area contributed by atoms with Gasteiger partial charge in [-0.25, -0.2) is 0 Å². The van der Waals surface area contributed by atoms with Gasteiger partial charge in [-0.05, 0) is 68.6 Å². The van der Waals surface area contributed by atoms with Crippen molar-refractivity contribution < 1.29 is 0 Å². The zero-order valence-corrected chi connectivity index (χ0v) is 18.7. The van der Waals surface area contributed by atoms with E-state index in [2.05, 4.69) is 33.3 Å². The van der Waals surface area contributed by atoms with Crippen molar-refractivity contribution >= 4 is 23.0 Å². The molecule has 0 radical (unpaired) electrons. The van der Waals surface area contributed by atoms with E-state index in [9.17, 15) is 0 Å². The predicted molar refractivity (Wildman–Crippen MR) is 126 cm³/mol. The summed E-state index contributed by atoms with van der Waals surface area (Å²) in [6.07, 6.45) is 7.92. The van der Waals surface area contributed by atoms with Crippen molar-refractivity contribution in [1.82, 2.24) is 20.0 Å². The largest absolute Gasteiger partial charge is 0.361 e. The van der Waals surface area contributed by atoms with Gasteiger partial charge in [-0.15, -0.1) is 0 Å². The van der Waals surface area contributed by atoms with Gasteiger partial charge in [0.25, 0.3) is 0 Å². The van der Waals surface area contributed by atoms with E-state index in [1.54, 1.807) is 0 Å². The fraction of sp³-hybridized carbons (Fsp3) is 0.583. The van der Waals surface area contributed by atoms with E-state index >= 15 is 0 Å². The van der Waals surface area contributed by atoms with Crippen LogP contribution in [0.5, 0.6) is 0 Å². The number of aryl methyl sites for hydroxylation is 1. The van der Waals surface area contributed by atoms with Crippen molar-refractivity contribution in [1.29, 1.82) is 0 Å². The highest BCUT2D eigenvalue weighted by molar-refractivity contribution is 7.80. The number of fused-ring (bicyclic) bond motifs is 3. The number of hydrogen-bond acceptors (Lipinski definition) is 3. The Balaban J connectivity index is 1.19. The molecule has 4 heterocycles. The van der Waals surface area contributed by atoms with Crippen LogP contribution in [0.1, 0.15) is 61.7 Å². The van der Waals surface area contributed by atoms with Crippen LogP contribution in [0.3, 0.4) is 0 Å². The summed E-state index contributed by atoms with van der Waals surface area (Å²) in [5.41, 5.74) is 3.84. The summed E-state index contributed by atoms with van der Waals surface area (Å²) in [7, 11) is 2.15. The summed E-state index contributed by atoms with van der Waals surface area (Å²) in [4.78, 5) is 2.67. The first kappa shape index (κ1) is 20.0. The topological polar surface area (TPSA) is 45.1 Å². The Morgan fingerprint density at radius 1 is 1.17 bits per heavy atom. The van der Waals surface area contributed by atoms with Crippen LogP contribution in [0.2, 0.25) is 0 Å². The summed E-state index contributed by atoms with van der Waals surface area (Å²) >= 11 is 5.51. The van der Waals surface area contributed by atoms with Crippen molar-refractivity contribution in [3.05, 3.63) is 47.8 Å². The van der Waals surface area contributed by atoms with E-state index in [1.807, 2.05) is 30.3 Å². The molecule has 0 amide bonds. The van der Waals surface area contributed by atoms with Gasteiger partial charge in [0, 0.05) is 49.4 Å². The Morgan fingerprint density at radius 2 is 1.97 bits per heavy atom. The molecule has 2 aromatic rings. The van der Waals surface area contributed by atoms with Crippen molar-refractivity contribution in [2.75, 3.05) is 25.0 Å². The van der Waals surface area contributed by atoms with Gasteiger partial charge in [-0.1, -0.05) is 31.0 Å². The van der Waals surface area contributed by atoms with E-state index in [0.717, 1.165) is 24.7 Å². The molecule has 1 saturated carbocycles. The number of piperidine rings is 3. The highest BCUT2D eigenvalue weighted by Gasteiger charge is 2.42. The highest BCUT2D eigenvalue weighted by Crippen LogP contribution is 2.43. The maximum absolute atomic E-state index is 5.51. The second-order valence-electron chi connectivity index (χ2n) is 9.34. The number of para-hydroxylation sites is 1. The van der Waals surface area contributed by atoms with E-state index in [4.69, 9.17) is 17.3 Å². The van der Waals surface area contributed by atoms with Crippen molar-refractivity contribution in [2.45, 2.75) is 56.4 Å². The van der Waals surface area contributed by atoms with Gasteiger partial charge in [-0.3, -0.25) is 9.58 Å². The van der Waals surface area contributed by atoms with Crippen LogP contribution < -0.4 is 10.6 Å². The number of hydrogen-bond donors (Lipinski definition) is 2. The Morgan fingerprint density at radius 3 is 2.70 bits per heavy atom. The van der Waals surface area contributed by atoms with E-state index in [-0.39, 0.29) is 0 Å².